The largest absolute Gasteiger partial charge is 0.382 e. The lowest BCUT2D eigenvalue weighted by Crippen LogP contribution is -2.34. The molecule has 0 radical (unpaired) electrons. The number of ether oxygens (including phenoxy) is 2. The lowest BCUT2D eigenvalue weighted by molar-refractivity contribution is 0.0647. The molecule has 2 unspecified atom stereocenters. The summed E-state index contributed by atoms with van der Waals surface area (Å²) in [6.07, 6.45) is 2.46. The van der Waals surface area contributed by atoms with Crippen LogP contribution in [0.5, 0.6) is 0 Å². The molecule has 0 aliphatic carbocycles. The Bertz CT molecular complexity index is 180. The van der Waals surface area contributed by atoms with Crippen molar-refractivity contribution in [3.8, 4) is 0 Å². The van der Waals surface area contributed by atoms with Gasteiger partial charge >= 0.3 is 0 Å². The van der Waals surface area contributed by atoms with E-state index in [9.17, 15) is 0 Å². The lowest BCUT2D eigenvalue weighted by atomic mass is 10.1. The van der Waals surface area contributed by atoms with Gasteiger partial charge in [0.15, 0.2) is 0 Å². The van der Waals surface area contributed by atoms with E-state index in [0.29, 0.717) is 6.61 Å². The van der Waals surface area contributed by atoms with Crippen LogP contribution in [0.3, 0.4) is 0 Å². The number of alkyl halides is 1. The molecule has 16 heavy (non-hydrogen) atoms. The summed E-state index contributed by atoms with van der Waals surface area (Å²) >= 11 is 3.61. The number of hydrogen-bond acceptors (Lipinski definition) is 3. The highest BCUT2D eigenvalue weighted by atomic mass is 79.9. The molecule has 0 saturated carbocycles. The van der Waals surface area contributed by atoms with Crippen LogP contribution in [0.2, 0.25) is 0 Å². The van der Waals surface area contributed by atoms with E-state index in [2.05, 4.69) is 27.8 Å². The molecule has 2 atom stereocenters. The van der Waals surface area contributed by atoms with Gasteiger partial charge in [-0.2, -0.15) is 0 Å². The van der Waals surface area contributed by atoms with Crippen LogP contribution in [0.25, 0.3) is 0 Å². The Morgan fingerprint density at radius 1 is 1.31 bits per heavy atom. The second kappa shape index (κ2) is 8.45. The second-order valence-electron chi connectivity index (χ2n) is 4.48. The van der Waals surface area contributed by atoms with Crippen molar-refractivity contribution in [2.45, 2.75) is 25.8 Å². The standard InChI is InChI=1S/C12H24BrNO2/c1-11-4-6-14(12(11)10-13)5-3-7-16-9-8-15-2/h11-12H,3-10H2,1-2H3. The zero-order valence-corrected chi connectivity index (χ0v) is 12.0. The predicted molar refractivity (Wildman–Crippen MR) is 70.2 cm³/mol. The molecule has 1 fully saturated rings. The van der Waals surface area contributed by atoms with Crippen LogP contribution in [-0.2, 0) is 9.47 Å². The van der Waals surface area contributed by atoms with E-state index in [1.165, 1.54) is 13.0 Å². The van der Waals surface area contributed by atoms with Crippen molar-refractivity contribution in [3.63, 3.8) is 0 Å². The van der Waals surface area contributed by atoms with E-state index in [1.807, 2.05) is 0 Å². The molecule has 3 nitrogen and oxygen atoms in total. The van der Waals surface area contributed by atoms with Crippen LogP contribution in [-0.4, -0.2) is 56.3 Å². The van der Waals surface area contributed by atoms with Gasteiger partial charge in [0.2, 0.25) is 0 Å². The number of rotatable bonds is 8. The molecule has 0 N–H and O–H groups in total. The molecule has 1 heterocycles. The number of methoxy groups -OCH3 is 1. The highest BCUT2D eigenvalue weighted by molar-refractivity contribution is 9.09. The third kappa shape index (κ3) is 4.70. The summed E-state index contributed by atoms with van der Waals surface area (Å²) < 4.78 is 10.4. The first kappa shape index (κ1) is 14.4. The fourth-order valence-electron chi connectivity index (χ4n) is 2.23. The fraction of sp³-hybridized carbons (Fsp3) is 1.00. The van der Waals surface area contributed by atoms with Crippen molar-refractivity contribution in [2.75, 3.05) is 45.4 Å². The molecule has 96 valence electrons. The summed E-state index contributed by atoms with van der Waals surface area (Å²) in [6, 6.07) is 0.721. The minimum atomic E-state index is 0.699. The second-order valence-corrected chi connectivity index (χ2v) is 5.13. The van der Waals surface area contributed by atoms with E-state index in [1.54, 1.807) is 7.11 Å². The Morgan fingerprint density at radius 2 is 2.12 bits per heavy atom. The van der Waals surface area contributed by atoms with Gasteiger partial charge in [-0.15, -0.1) is 0 Å². The molecule has 4 heteroatoms. The van der Waals surface area contributed by atoms with Gasteiger partial charge in [-0.3, -0.25) is 4.90 Å². The summed E-state index contributed by atoms with van der Waals surface area (Å²) in [4.78, 5) is 2.58. The molecule has 0 bridgehead atoms. The molecule has 0 aromatic heterocycles. The number of nitrogens with zero attached hydrogens (tertiary/aromatic N) is 1. The number of likely N-dealkylation sites (tertiary alicyclic amines) is 1. The zero-order chi connectivity index (χ0) is 11.8. The van der Waals surface area contributed by atoms with Crippen LogP contribution in [0.15, 0.2) is 0 Å². The Balaban J connectivity index is 2.04. The first-order valence-corrected chi connectivity index (χ1v) is 7.28. The number of halogens is 1. The summed E-state index contributed by atoms with van der Waals surface area (Å²) in [7, 11) is 1.70. The van der Waals surface area contributed by atoms with Crippen LogP contribution in [0.1, 0.15) is 19.8 Å². The summed E-state index contributed by atoms with van der Waals surface area (Å²) in [5, 5.41) is 1.10. The molecule has 1 rings (SSSR count). The minimum absolute atomic E-state index is 0.699. The van der Waals surface area contributed by atoms with Crippen LogP contribution in [0.4, 0.5) is 0 Å². The van der Waals surface area contributed by atoms with E-state index in [-0.39, 0.29) is 0 Å². The molecular weight excluding hydrogens is 270 g/mol. The van der Waals surface area contributed by atoms with E-state index >= 15 is 0 Å². The van der Waals surface area contributed by atoms with Gasteiger partial charge in [0.1, 0.15) is 0 Å². The molecule has 0 amide bonds. The van der Waals surface area contributed by atoms with Gasteiger partial charge in [0.05, 0.1) is 13.2 Å². The van der Waals surface area contributed by atoms with Crippen LogP contribution >= 0.6 is 15.9 Å². The molecule has 1 aliphatic heterocycles. The fourth-order valence-corrected chi connectivity index (χ4v) is 3.28. The van der Waals surface area contributed by atoms with Gasteiger partial charge in [-0.25, -0.2) is 0 Å². The lowest BCUT2D eigenvalue weighted by Gasteiger charge is -2.24. The quantitative estimate of drug-likeness (QED) is 0.506. The Morgan fingerprint density at radius 3 is 2.81 bits per heavy atom. The average Bonchev–Trinajstić information content (AvgIpc) is 2.64. The van der Waals surface area contributed by atoms with Crippen molar-refractivity contribution in [1.29, 1.82) is 0 Å². The first-order chi connectivity index (χ1) is 7.79. The van der Waals surface area contributed by atoms with E-state index in [0.717, 1.165) is 43.5 Å². The van der Waals surface area contributed by atoms with Crippen molar-refractivity contribution < 1.29 is 9.47 Å². The topological polar surface area (TPSA) is 21.7 Å². The van der Waals surface area contributed by atoms with Crippen LogP contribution in [0, 0.1) is 5.92 Å². The van der Waals surface area contributed by atoms with Crippen molar-refractivity contribution >= 4 is 15.9 Å². The molecule has 0 aromatic rings. The van der Waals surface area contributed by atoms with Crippen molar-refractivity contribution in [3.05, 3.63) is 0 Å². The van der Waals surface area contributed by atoms with Gasteiger partial charge in [-0.1, -0.05) is 22.9 Å². The average molecular weight is 294 g/mol. The monoisotopic (exact) mass is 293 g/mol. The predicted octanol–water partition coefficient (Wildman–Crippen LogP) is 2.14. The molecule has 1 aliphatic rings. The molecule has 0 spiro atoms. The Hall–Kier alpha value is 0.360. The Kier molecular flexibility index (Phi) is 7.62. The highest BCUT2D eigenvalue weighted by Crippen LogP contribution is 2.25. The Labute approximate surface area is 108 Å². The first-order valence-electron chi connectivity index (χ1n) is 6.16. The third-order valence-corrected chi connectivity index (χ3v) is 3.98. The van der Waals surface area contributed by atoms with Crippen LogP contribution < -0.4 is 0 Å². The van der Waals surface area contributed by atoms with E-state index < -0.39 is 0 Å². The zero-order valence-electron chi connectivity index (χ0n) is 10.5. The summed E-state index contributed by atoms with van der Waals surface area (Å²) in [6.45, 7) is 7.02. The number of hydrogen-bond donors (Lipinski definition) is 0. The van der Waals surface area contributed by atoms with Crippen molar-refractivity contribution in [1.82, 2.24) is 4.90 Å². The molecule has 1 saturated heterocycles. The van der Waals surface area contributed by atoms with Crippen molar-refractivity contribution in [2.24, 2.45) is 5.92 Å². The van der Waals surface area contributed by atoms with Gasteiger partial charge < -0.3 is 9.47 Å². The molecule has 0 aromatic carbocycles. The highest BCUT2D eigenvalue weighted by Gasteiger charge is 2.29. The smallest absolute Gasteiger partial charge is 0.0700 e. The van der Waals surface area contributed by atoms with Gasteiger partial charge in [0, 0.05) is 31.6 Å². The van der Waals surface area contributed by atoms with Gasteiger partial charge in [0.25, 0.3) is 0 Å². The normalized spacial score (nSPS) is 26.4. The third-order valence-electron chi connectivity index (χ3n) is 3.32. The maximum absolute atomic E-state index is 5.47. The van der Waals surface area contributed by atoms with Gasteiger partial charge in [-0.05, 0) is 25.3 Å². The maximum atomic E-state index is 5.47. The molecular formula is C12H24BrNO2. The SMILES string of the molecule is COCCOCCCN1CCC(C)C1CBr. The summed E-state index contributed by atoms with van der Waals surface area (Å²) in [5.41, 5.74) is 0. The summed E-state index contributed by atoms with van der Waals surface area (Å²) in [5.74, 6) is 0.828. The van der Waals surface area contributed by atoms with E-state index in [4.69, 9.17) is 9.47 Å². The minimum Gasteiger partial charge on any atom is -0.382 e. The maximum Gasteiger partial charge on any atom is 0.0700 e.